The van der Waals surface area contributed by atoms with Crippen LogP contribution in [0.5, 0.6) is 0 Å². The average Bonchev–Trinajstić information content (AvgIpc) is 3.02. The zero-order valence-corrected chi connectivity index (χ0v) is 21.6. The Morgan fingerprint density at radius 1 is 0.425 bits per heavy atom. The SMILES string of the molecule is O=CNN(c1ccc(-c2ccc(N(NC=O)c3cccc4ccccc34)cc2)cc1)c1cccc2ccccc12. The second kappa shape index (κ2) is 11.0. The van der Waals surface area contributed by atoms with E-state index in [1.54, 1.807) is 10.0 Å². The molecule has 6 rings (SSSR count). The molecule has 6 heteroatoms. The van der Waals surface area contributed by atoms with Crippen LogP contribution in [-0.4, -0.2) is 12.8 Å². The van der Waals surface area contributed by atoms with Crippen molar-refractivity contribution in [1.29, 1.82) is 0 Å². The molecule has 6 aromatic rings. The van der Waals surface area contributed by atoms with Gasteiger partial charge in [-0.25, -0.2) is 0 Å². The first-order valence-electron chi connectivity index (χ1n) is 12.9. The summed E-state index contributed by atoms with van der Waals surface area (Å²) < 4.78 is 0. The summed E-state index contributed by atoms with van der Waals surface area (Å²) in [6, 6.07) is 44.3. The number of hydrazine groups is 2. The highest BCUT2D eigenvalue weighted by Gasteiger charge is 2.14. The number of hydrogen-bond donors (Lipinski definition) is 2. The third-order valence-corrected chi connectivity index (χ3v) is 6.96. The molecule has 0 atom stereocenters. The molecule has 0 bridgehead atoms. The van der Waals surface area contributed by atoms with Gasteiger partial charge in [-0.2, -0.15) is 0 Å². The molecule has 0 fully saturated rings. The van der Waals surface area contributed by atoms with Crippen molar-refractivity contribution >= 4 is 57.1 Å². The lowest BCUT2D eigenvalue weighted by Gasteiger charge is -2.25. The third-order valence-electron chi connectivity index (χ3n) is 6.96. The zero-order chi connectivity index (χ0) is 27.3. The van der Waals surface area contributed by atoms with Gasteiger partial charge in [-0.15, -0.1) is 0 Å². The minimum absolute atomic E-state index is 0.684. The number of benzene rings is 6. The molecule has 0 unspecified atom stereocenters. The summed E-state index contributed by atoms with van der Waals surface area (Å²) in [5.41, 5.74) is 11.2. The maximum absolute atomic E-state index is 11.5. The average molecular weight is 523 g/mol. The smallest absolute Gasteiger partial charge is 0.226 e. The maximum atomic E-state index is 11.5. The lowest BCUT2D eigenvalue weighted by atomic mass is 10.0. The number of anilines is 4. The van der Waals surface area contributed by atoms with Gasteiger partial charge in [0.15, 0.2) is 0 Å². The second-order valence-corrected chi connectivity index (χ2v) is 9.26. The van der Waals surface area contributed by atoms with E-state index in [2.05, 4.69) is 35.1 Å². The van der Waals surface area contributed by atoms with E-state index in [1.165, 1.54) is 0 Å². The Hall–Kier alpha value is -5.62. The Morgan fingerprint density at radius 3 is 1.20 bits per heavy atom. The van der Waals surface area contributed by atoms with Gasteiger partial charge in [0.2, 0.25) is 12.8 Å². The van der Waals surface area contributed by atoms with Gasteiger partial charge in [0.1, 0.15) is 0 Å². The number of fused-ring (bicyclic) bond motifs is 2. The summed E-state index contributed by atoms with van der Waals surface area (Å²) in [6.07, 6.45) is 1.37. The number of nitrogens with one attached hydrogen (secondary N) is 2. The van der Waals surface area contributed by atoms with Crippen molar-refractivity contribution in [3.63, 3.8) is 0 Å². The fraction of sp³-hybridized carbons (Fsp3) is 0. The number of rotatable bonds is 9. The van der Waals surface area contributed by atoms with Crippen LogP contribution >= 0.6 is 0 Å². The molecule has 0 aromatic heterocycles. The predicted octanol–water partition coefficient (Wildman–Crippen LogP) is 7.26. The molecule has 0 saturated heterocycles. The minimum atomic E-state index is 0.684. The fourth-order valence-electron chi connectivity index (χ4n) is 5.08. The monoisotopic (exact) mass is 522 g/mol. The summed E-state index contributed by atoms with van der Waals surface area (Å²) in [5, 5.41) is 7.84. The van der Waals surface area contributed by atoms with Crippen LogP contribution in [0, 0.1) is 0 Å². The molecule has 0 radical (unpaired) electrons. The molecular formula is C34H26N4O2. The first kappa shape index (κ1) is 24.7. The van der Waals surface area contributed by atoms with Crippen LogP contribution in [0.15, 0.2) is 133 Å². The largest absolute Gasteiger partial charge is 0.277 e. The molecule has 0 spiro atoms. The fourth-order valence-corrected chi connectivity index (χ4v) is 5.08. The molecular weight excluding hydrogens is 496 g/mol. The highest BCUT2D eigenvalue weighted by atomic mass is 16.1. The standard InChI is InChI=1S/C34H26N4O2/c39-23-35-37(33-13-5-9-27-7-1-3-11-31(27)33)29-19-15-25(16-20-29)26-17-21-30(22-18-26)38(36-24-40)34-14-6-10-28-8-2-4-12-32(28)34/h1-24H,(H,35,39)(H,36,40). The summed E-state index contributed by atoms with van der Waals surface area (Å²) in [4.78, 5) is 23.0. The van der Waals surface area contributed by atoms with E-state index in [9.17, 15) is 9.59 Å². The maximum Gasteiger partial charge on any atom is 0.226 e. The van der Waals surface area contributed by atoms with E-state index in [1.807, 2.05) is 109 Å². The molecule has 6 aromatic carbocycles. The predicted molar refractivity (Wildman–Crippen MR) is 162 cm³/mol. The van der Waals surface area contributed by atoms with E-state index >= 15 is 0 Å². The molecule has 2 N–H and O–H groups in total. The van der Waals surface area contributed by atoms with E-state index in [-0.39, 0.29) is 0 Å². The Balaban J connectivity index is 1.30. The third kappa shape index (κ3) is 4.70. The Labute approximate surface area is 232 Å². The minimum Gasteiger partial charge on any atom is -0.277 e. The zero-order valence-electron chi connectivity index (χ0n) is 21.6. The summed E-state index contributed by atoms with van der Waals surface area (Å²) in [5.74, 6) is 0. The highest BCUT2D eigenvalue weighted by Crippen LogP contribution is 2.34. The summed E-state index contributed by atoms with van der Waals surface area (Å²) in [6.45, 7) is 0. The van der Waals surface area contributed by atoms with Crippen molar-refractivity contribution in [3.8, 4) is 11.1 Å². The molecule has 0 aliphatic carbocycles. The first-order valence-corrected chi connectivity index (χ1v) is 12.9. The van der Waals surface area contributed by atoms with Crippen molar-refractivity contribution < 1.29 is 9.59 Å². The molecule has 0 aliphatic rings. The molecule has 0 saturated carbocycles. The van der Waals surface area contributed by atoms with Gasteiger partial charge in [0.05, 0.1) is 22.7 Å². The van der Waals surface area contributed by atoms with Gasteiger partial charge in [-0.1, -0.05) is 97.1 Å². The van der Waals surface area contributed by atoms with Crippen LogP contribution in [0.1, 0.15) is 0 Å². The van der Waals surface area contributed by atoms with Crippen LogP contribution in [-0.2, 0) is 9.59 Å². The first-order chi connectivity index (χ1) is 19.8. The summed E-state index contributed by atoms with van der Waals surface area (Å²) in [7, 11) is 0. The number of hydrogen-bond acceptors (Lipinski definition) is 4. The second-order valence-electron chi connectivity index (χ2n) is 9.26. The van der Waals surface area contributed by atoms with Crippen molar-refractivity contribution in [2.75, 3.05) is 10.0 Å². The van der Waals surface area contributed by atoms with Crippen LogP contribution in [0.3, 0.4) is 0 Å². The number of nitrogens with zero attached hydrogens (tertiary/aromatic N) is 2. The van der Waals surface area contributed by atoms with E-state index in [4.69, 9.17) is 0 Å². The molecule has 40 heavy (non-hydrogen) atoms. The lowest BCUT2D eigenvalue weighted by Crippen LogP contribution is -2.32. The van der Waals surface area contributed by atoms with Gasteiger partial charge in [-0.05, 0) is 58.3 Å². The van der Waals surface area contributed by atoms with Crippen molar-refractivity contribution in [1.82, 2.24) is 10.9 Å². The van der Waals surface area contributed by atoms with Gasteiger partial charge in [-0.3, -0.25) is 30.5 Å². The molecule has 0 heterocycles. The van der Waals surface area contributed by atoms with Crippen molar-refractivity contribution in [3.05, 3.63) is 133 Å². The lowest BCUT2D eigenvalue weighted by molar-refractivity contribution is -0.110. The van der Waals surface area contributed by atoms with Crippen molar-refractivity contribution in [2.45, 2.75) is 0 Å². The van der Waals surface area contributed by atoms with Crippen LogP contribution in [0.25, 0.3) is 32.7 Å². The molecule has 0 aliphatic heterocycles. The van der Waals surface area contributed by atoms with E-state index in [0.717, 1.165) is 55.4 Å². The number of carbonyl (C=O) groups is 2. The van der Waals surface area contributed by atoms with Gasteiger partial charge < -0.3 is 0 Å². The quantitative estimate of drug-likeness (QED) is 0.155. The topological polar surface area (TPSA) is 64.7 Å². The normalized spacial score (nSPS) is 10.7. The Bertz CT molecular complexity index is 1650. The van der Waals surface area contributed by atoms with Crippen LogP contribution in [0.4, 0.5) is 22.7 Å². The number of carbonyl (C=O) groups excluding carboxylic acids is 2. The Morgan fingerprint density at radius 2 is 0.800 bits per heavy atom. The van der Waals surface area contributed by atoms with Gasteiger partial charge in [0, 0.05) is 10.8 Å². The number of amides is 2. The van der Waals surface area contributed by atoms with Gasteiger partial charge in [0.25, 0.3) is 0 Å². The van der Waals surface area contributed by atoms with E-state index in [0.29, 0.717) is 12.8 Å². The molecule has 2 amide bonds. The van der Waals surface area contributed by atoms with Crippen LogP contribution < -0.4 is 20.9 Å². The summed E-state index contributed by atoms with van der Waals surface area (Å²) >= 11 is 0. The van der Waals surface area contributed by atoms with E-state index < -0.39 is 0 Å². The highest BCUT2D eigenvalue weighted by molar-refractivity contribution is 5.97. The van der Waals surface area contributed by atoms with Gasteiger partial charge >= 0.3 is 0 Å². The van der Waals surface area contributed by atoms with Crippen LogP contribution in [0.2, 0.25) is 0 Å². The molecule has 6 nitrogen and oxygen atoms in total. The molecule has 194 valence electrons. The van der Waals surface area contributed by atoms with Crippen molar-refractivity contribution in [2.24, 2.45) is 0 Å². The Kier molecular flexibility index (Phi) is 6.80.